The minimum atomic E-state index is -2.59. The van der Waals surface area contributed by atoms with Gasteiger partial charge in [0.25, 0.3) is 0 Å². The molecule has 0 saturated heterocycles. The maximum atomic E-state index is 8.43. The molecule has 5 nitrogen and oxygen atoms in total. The fourth-order valence-electron chi connectivity index (χ4n) is 1.49. The lowest BCUT2D eigenvalue weighted by Gasteiger charge is -2.24. The average Bonchev–Trinajstić information content (AvgIpc) is 2.43. The molecule has 19 heavy (non-hydrogen) atoms. The molecule has 6 heteroatoms. The van der Waals surface area contributed by atoms with Crippen molar-refractivity contribution in [1.82, 2.24) is 0 Å². The van der Waals surface area contributed by atoms with Gasteiger partial charge in [-0.2, -0.15) is 0 Å². The number of hydrogen-bond acceptors (Lipinski definition) is 5. The van der Waals surface area contributed by atoms with Crippen LogP contribution in [0.4, 0.5) is 0 Å². The Kier molecular flexibility index (Phi) is 9.67. The minimum Gasteiger partial charge on any atom is -0.391 e. The lowest BCUT2D eigenvalue weighted by Crippen LogP contribution is -2.54. The molecule has 0 saturated carbocycles. The van der Waals surface area contributed by atoms with Gasteiger partial charge in [0, 0.05) is 33.6 Å². The maximum Gasteiger partial charge on any atom is 0.536 e. The van der Waals surface area contributed by atoms with Gasteiger partial charge in [-0.05, 0) is 6.92 Å². The van der Waals surface area contributed by atoms with Crippen LogP contribution in [-0.2, 0) is 18.0 Å². The zero-order chi connectivity index (χ0) is 14.7. The van der Waals surface area contributed by atoms with E-state index in [-0.39, 0.29) is 6.10 Å². The quantitative estimate of drug-likeness (QED) is 0.784. The van der Waals surface area contributed by atoms with Crippen LogP contribution in [0.3, 0.4) is 0 Å². The predicted molar refractivity (Wildman–Crippen MR) is 76.4 cm³/mol. The first-order chi connectivity index (χ1) is 9.06. The molecule has 0 heterocycles. The van der Waals surface area contributed by atoms with Gasteiger partial charge in [0.15, 0.2) is 0 Å². The van der Waals surface area contributed by atoms with Gasteiger partial charge in [-0.1, -0.05) is 30.3 Å². The summed E-state index contributed by atoms with van der Waals surface area (Å²) in [5.74, 6) is 0. The third kappa shape index (κ3) is 6.28. The van der Waals surface area contributed by atoms with Crippen LogP contribution < -0.4 is 5.19 Å². The second kappa shape index (κ2) is 10.1. The summed E-state index contributed by atoms with van der Waals surface area (Å²) in [5, 5.41) is 9.40. The molecule has 0 radical (unpaired) electrons. The van der Waals surface area contributed by atoms with Gasteiger partial charge in [0.1, 0.15) is 0 Å². The van der Waals surface area contributed by atoms with E-state index in [0.29, 0.717) is 6.61 Å². The summed E-state index contributed by atoms with van der Waals surface area (Å²) in [5.41, 5.74) is 0. The van der Waals surface area contributed by atoms with E-state index in [1.54, 1.807) is 35.4 Å². The monoisotopic (exact) mass is 288 g/mol. The number of hydrogen-bond donors (Lipinski definition) is 1. The molecule has 0 amide bonds. The summed E-state index contributed by atoms with van der Waals surface area (Å²) >= 11 is 0. The van der Waals surface area contributed by atoms with Crippen molar-refractivity contribution in [1.29, 1.82) is 0 Å². The highest BCUT2D eigenvalue weighted by Crippen LogP contribution is 2.05. The molecule has 0 bridgehead atoms. The van der Waals surface area contributed by atoms with Gasteiger partial charge < -0.3 is 23.1 Å². The van der Waals surface area contributed by atoms with Crippen molar-refractivity contribution in [2.45, 2.75) is 13.0 Å². The van der Waals surface area contributed by atoms with E-state index >= 15 is 0 Å². The molecule has 1 N–H and O–H groups in total. The van der Waals surface area contributed by atoms with Crippen LogP contribution in [0.25, 0.3) is 0 Å². The fourth-order valence-corrected chi connectivity index (χ4v) is 3.29. The van der Waals surface area contributed by atoms with Gasteiger partial charge in [0.2, 0.25) is 0 Å². The zero-order valence-corrected chi connectivity index (χ0v) is 13.3. The highest BCUT2D eigenvalue weighted by molar-refractivity contribution is 6.75. The molecule has 0 aliphatic carbocycles. The first-order valence-corrected chi connectivity index (χ1v) is 7.66. The summed E-state index contributed by atoms with van der Waals surface area (Å²) in [6, 6.07) is 9.72. The fraction of sp³-hybridized carbons (Fsp3) is 0.538. The second-order valence-electron chi connectivity index (χ2n) is 3.84. The van der Waals surface area contributed by atoms with Crippen LogP contribution in [0, 0.1) is 0 Å². The molecule has 110 valence electrons. The molecule has 0 aliphatic rings. The standard InChI is InChI=1S/C9H14O3Si.C4H10O2/c1-10-13(11-2,12-3)9-7-5-4-6-8-9;1-4(5)3-6-2/h4-8H,1-3H3;4-5H,3H2,1-2H3. The average molecular weight is 288 g/mol. The molecular weight excluding hydrogens is 264 g/mol. The van der Waals surface area contributed by atoms with E-state index in [9.17, 15) is 0 Å². The molecule has 0 spiro atoms. The largest absolute Gasteiger partial charge is 0.536 e. The molecule has 0 aromatic heterocycles. The number of ether oxygens (including phenoxy) is 1. The van der Waals surface area contributed by atoms with Crippen molar-refractivity contribution in [3.63, 3.8) is 0 Å². The van der Waals surface area contributed by atoms with Gasteiger partial charge in [-0.15, -0.1) is 0 Å². The van der Waals surface area contributed by atoms with Crippen molar-refractivity contribution in [2.24, 2.45) is 0 Å². The summed E-state index contributed by atoms with van der Waals surface area (Å²) in [4.78, 5) is 0. The third-order valence-electron chi connectivity index (χ3n) is 2.34. The molecule has 1 atom stereocenters. The number of aliphatic hydroxyl groups is 1. The maximum absolute atomic E-state index is 8.43. The molecular formula is C13H24O5Si. The first kappa shape index (κ1) is 18.2. The summed E-state index contributed by atoms with van der Waals surface area (Å²) < 4.78 is 20.5. The lowest BCUT2D eigenvalue weighted by atomic mass is 10.4. The van der Waals surface area contributed by atoms with Crippen molar-refractivity contribution < 1.29 is 23.1 Å². The van der Waals surface area contributed by atoms with Crippen molar-refractivity contribution in [2.75, 3.05) is 35.0 Å². The molecule has 1 unspecified atom stereocenters. The SMILES string of the molecule is COCC(C)O.CO[Si](OC)(OC)c1ccccc1. The van der Waals surface area contributed by atoms with Crippen LogP contribution in [0.5, 0.6) is 0 Å². The smallest absolute Gasteiger partial charge is 0.391 e. The second-order valence-corrected chi connectivity index (χ2v) is 6.75. The summed E-state index contributed by atoms with van der Waals surface area (Å²) in [7, 11) is 3.78. The van der Waals surface area contributed by atoms with E-state index in [4.69, 9.17) is 18.4 Å². The van der Waals surface area contributed by atoms with Crippen LogP contribution in [-0.4, -0.2) is 55.1 Å². The topological polar surface area (TPSA) is 57.2 Å². The van der Waals surface area contributed by atoms with E-state index in [1.165, 1.54) is 0 Å². The van der Waals surface area contributed by atoms with Crippen molar-refractivity contribution in [3.05, 3.63) is 30.3 Å². The highest BCUT2D eigenvalue weighted by Gasteiger charge is 2.40. The van der Waals surface area contributed by atoms with Crippen LogP contribution in [0.2, 0.25) is 0 Å². The van der Waals surface area contributed by atoms with Crippen molar-refractivity contribution in [3.8, 4) is 0 Å². The molecule has 1 rings (SSSR count). The van der Waals surface area contributed by atoms with Gasteiger partial charge >= 0.3 is 8.80 Å². The Balaban J connectivity index is 0.000000459. The molecule has 1 aromatic carbocycles. The van der Waals surface area contributed by atoms with Crippen molar-refractivity contribution >= 4 is 14.0 Å². The normalized spacial score (nSPS) is 12.5. The third-order valence-corrected chi connectivity index (χ3v) is 4.99. The van der Waals surface area contributed by atoms with Gasteiger partial charge in [-0.3, -0.25) is 0 Å². The minimum absolute atomic E-state index is 0.324. The van der Waals surface area contributed by atoms with Gasteiger partial charge in [0.05, 0.1) is 12.7 Å². The molecule has 0 fully saturated rings. The molecule has 1 aromatic rings. The Morgan fingerprint density at radius 2 is 1.47 bits per heavy atom. The first-order valence-electron chi connectivity index (χ1n) is 5.94. The summed E-state index contributed by atoms with van der Waals surface area (Å²) in [6.07, 6.45) is -0.324. The van der Waals surface area contributed by atoms with E-state index < -0.39 is 8.80 Å². The Bertz CT molecular complexity index is 306. The Labute approximate surface area is 116 Å². The number of benzene rings is 1. The van der Waals surface area contributed by atoms with Gasteiger partial charge in [-0.25, -0.2) is 0 Å². The van der Waals surface area contributed by atoms with Crippen LogP contribution >= 0.6 is 0 Å². The number of aliphatic hydroxyl groups excluding tert-OH is 1. The Hall–Kier alpha value is -0.763. The van der Waals surface area contributed by atoms with E-state index in [2.05, 4.69) is 4.74 Å². The Morgan fingerprint density at radius 3 is 1.74 bits per heavy atom. The lowest BCUT2D eigenvalue weighted by molar-refractivity contribution is 0.0765. The highest BCUT2D eigenvalue weighted by atomic mass is 28.4. The van der Waals surface area contributed by atoms with E-state index in [1.807, 2.05) is 30.3 Å². The Morgan fingerprint density at radius 1 is 1.00 bits per heavy atom. The number of methoxy groups -OCH3 is 1. The zero-order valence-electron chi connectivity index (χ0n) is 12.3. The van der Waals surface area contributed by atoms with E-state index in [0.717, 1.165) is 5.19 Å². The number of rotatable bonds is 6. The summed E-state index contributed by atoms with van der Waals surface area (Å²) in [6.45, 7) is 2.11. The van der Waals surface area contributed by atoms with Crippen LogP contribution in [0.1, 0.15) is 6.92 Å². The molecule has 0 aliphatic heterocycles. The predicted octanol–water partition coefficient (Wildman–Crippen LogP) is 0.785. The van der Waals surface area contributed by atoms with Crippen LogP contribution in [0.15, 0.2) is 30.3 Å².